The van der Waals surface area contributed by atoms with Crippen molar-refractivity contribution in [1.29, 1.82) is 0 Å². The second kappa shape index (κ2) is 11.2. The van der Waals surface area contributed by atoms with Crippen LogP contribution in [0.25, 0.3) is 11.1 Å². The fourth-order valence-electron chi connectivity index (χ4n) is 3.69. The highest BCUT2D eigenvalue weighted by Gasteiger charge is 2.46. The maximum atomic E-state index is 12.9. The minimum atomic E-state index is -1.05. The third-order valence-electron chi connectivity index (χ3n) is 6.13. The molecule has 3 aromatic rings. The SMILES string of the molecule is COc1ccc(-c2ccc(C3(NC(=O)c4c[nH+]c(C(=O)NCC(C)C(=O)O)[nH]c4=O)CC3)cc2)cn1.[Cl-]. The maximum Gasteiger partial charge on any atom is 0.348 e. The monoisotopic (exact) mass is 527 g/mol. The first-order valence-corrected chi connectivity index (χ1v) is 11.3. The summed E-state index contributed by atoms with van der Waals surface area (Å²) in [7, 11) is 1.56. The van der Waals surface area contributed by atoms with E-state index in [1.54, 1.807) is 19.4 Å². The van der Waals surface area contributed by atoms with Crippen molar-refractivity contribution in [3.8, 4) is 17.0 Å². The summed E-state index contributed by atoms with van der Waals surface area (Å²) >= 11 is 0. The largest absolute Gasteiger partial charge is 1.00 e. The molecule has 11 nitrogen and oxygen atoms in total. The van der Waals surface area contributed by atoms with Gasteiger partial charge in [0.25, 0.3) is 5.91 Å². The minimum Gasteiger partial charge on any atom is -1.00 e. The van der Waals surface area contributed by atoms with Gasteiger partial charge in [0, 0.05) is 24.4 Å². The molecule has 1 atom stereocenters. The van der Waals surface area contributed by atoms with Crippen molar-refractivity contribution in [1.82, 2.24) is 20.6 Å². The molecule has 2 aromatic heterocycles. The average Bonchev–Trinajstić information content (AvgIpc) is 3.67. The van der Waals surface area contributed by atoms with Crippen molar-refractivity contribution in [2.45, 2.75) is 25.3 Å². The van der Waals surface area contributed by atoms with Crippen LogP contribution in [0.15, 0.2) is 53.6 Å². The summed E-state index contributed by atoms with van der Waals surface area (Å²) in [6, 6.07) is 11.5. The van der Waals surface area contributed by atoms with Gasteiger partial charge in [-0.3, -0.25) is 14.4 Å². The summed E-state index contributed by atoms with van der Waals surface area (Å²) < 4.78 is 5.09. The van der Waals surface area contributed by atoms with Crippen molar-refractivity contribution >= 4 is 17.8 Å². The number of benzene rings is 1. The molecule has 37 heavy (non-hydrogen) atoms. The number of methoxy groups -OCH3 is 1. The Morgan fingerprint density at radius 2 is 1.81 bits per heavy atom. The van der Waals surface area contributed by atoms with E-state index in [4.69, 9.17) is 9.84 Å². The van der Waals surface area contributed by atoms with E-state index in [9.17, 15) is 19.2 Å². The summed E-state index contributed by atoms with van der Waals surface area (Å²) in [4.78, 5) is 57.6. The number of hydrogen-bond donors (Lipinski definition) is 4. The zero-order chi connectivity index (χ0) is 25.9. The lowest BCUT2D eigenvalue weighted by atomic mass is 10.00. The van der Waals surface area contributed by atoms with E-state index in [-0.39, 0.29) is 30.3 Å². The number of carbonyl (C=O) groups is 3. The molecule has 2 heterocycles. The molecule has 0 saturated heterocycles. The summed E-state index contributed by atoms with van der Waals surface area (Å²) in [6.45, 7) is 1.34. The first-order chi connectivity index (χ1) is 17.2. The van der Waals surface area contributed by atoms with Crippen LogP contribution in [0.2, 0.25) is 0 Å². The molecule has 4 rings (SSSR count). The van der Waals surface area contributed by atoms with Crippen LogP contribution in [-0.4, -0.2) is 46.5 Å². The highest BCUT2D eigenvalue weighted by molar-refractivity contribution is 5.95. The van der Waals surface area contributed by atoms with Gasteiger partial charge in [-0.05, 0) is 30.0 Å². The first-order valence-electron chi connectivity index (χ1n) is 11.3. The van der Waals surface area contributed by atoms with Crippen LogP contribution in [0.5, 0.6) is 5.88 Å². The predicted molar refractivity (Wildman–Crippen MR) is 127 cm³/mol. The number of carboxylic acids is 1. The van der Waals surface area contributed by atoms with Crippen LogP contribution in [0.3, 0.4) is 0 Å². The minimum absolute atomic E-state index is 0. The number of nitrogens with zero attached hydrogens (tertiary/aromatic N) is 1. The van der Waals surface area contributed by atoms with E-state index in [2.05, 4.69) is 25.6 Å². The van der Waals surface area contributed by atoms with Crippen molar-refractivity contribution in [2.75, 3.05) is 13.7 Å². The Morgan fingerprint density at radius 3 is 2.35 bits per heavy atom. The van der Waals surface area contributed by atoms with E-state index in [1.807, 2.05) is 30.3 Å². The Labute approximate surface area is 218 Å². The summed E-state index contributed by atoms with van der Waals surface area (Å²) in [6.07, 6.45) is 4.35. The highest BCUT2D eigenvalue weighted by atomic mass is 35.5. The molecule has 5 N–H and O–H groups in total. The number of ether oxygens (including phenoxy) is 1. The Balaban J connectivity index is 0.00000380. The number of aliphatic carboxylic acids is 1. The lowest BCUT2D eigenvalue weighted by Crippen LogP contribution is -3.00. The summed E-state index contributed by atoms with van der Waals surface area (Å²) in [5.41, 5.74) is 1.35. The molecule has 2 amide bonds. The van der Waals surface area contributed by atoms with Gasteiger partial charge in [0.2, 0.25) is 5.88 Å². The van der Waals surface area contributed by atoms with Crippen LogP contribution < -0.4 is 38.3 Å². The van der Waals surface area contributed by atoms with Crippen LogP contribution in [0.4, 0.5) is 0 Å². The molecule has 0 aliphatic heterocycles. The van der Waals surface area contributed by atoms with Gasteiger partial charge >= 0.3 is 23.3 Å². The predicted octanol–water partition coefficient (Wildman–Crippen LogP) is -1.87. The van der Waals surface area contributed by atoms with Crippen LogP contribution in [0, 0.1) is 5.92 Å². The molecule has 0 bridgehead atoms. The van der Waals surface area contributed by atoms with E-state index >= 15 is 0 Å². The third-order valence-corrected chi connectivity index (χ3v) is 6.13. The van der Waals surface area contributed by atoms with Gasteiger partial charge in [-0.25, -0.2) is 19.7 Å². The molecule has 12 heteroatoms. The molecule has 1 aliphatic rings. The van der Waals surface area contributed by atoms with Crippen LogP contribution in [0.1, 0.15) is 46.3 Å². The van der Waals surface area contributed by atoms with Crippen molar-refractivity contribution in [3.63, 3.8) is 0 Å². The van der Waals surface area contributed by atoms with Crippen LogP contribution in [-0.2, 0) is 10.3 Å². The summed E-state index contributed by atoms with van der Waals surface area (Å²) in [5.74, 6) is -2.75. The number of halogens is 1. The second-order valence-corrected chi connectivity index (χ2v) is 8.68. The standard InChI is InChI=1S/C25H25N5O6.ClH/c1-14(24(34)35)11-28-23(33)20-27-13-18(21(31)29-20)22(32)30-25(9-10-25)17-6-3-15(4-7-17)16-5-8-19(36-2)26-12-16;/h3-8,12-14H,9-11H2,1-2H3,(H,28,33)(H,30,32)(H,34,35)(H,27,29,31);1H. The Kier molecular flexibility index (Phi) is 8.28. The van der Waals surface area contributed by atoms with Gasteiger partial charge in [-0.1, -0.05) is 31.2 Å². The van der Waals surface area contributed by atoms with Gasteiger partial charge in [-0.2, -0.15) is 0 Å². The number of nitrogens with one attached hydrogen (secondary N) is 4. The first kappa shape index (κ1) is 27.3. The van der Waals surface area contributed by atoms with E-state index in [0.717, 1.165) is 29.5 Å². The van der Waals surface area contributed by atoms with Crippen molar-refractivity contribution < 1.29 is 41.6 Å². The molecular weight excluding hydrogens is 502 g/mol. The Morgan fingerprint density at radius 1 is 1.14 bits per heavy atom. The van der Waals surface area contributed by atoms with Crippen molar-refractivity contribution in [3.05, 3.63) is 76.1 Å². The molecule has 1 unspecified atom stereocenters. The molecule has 194 valence electrons. The smallest absolute Gasteiger partial charge is 0.348 e. The molecule has 1 aromatic carbocycles. The number of carboxylic acid groups (broad SMARTS) is 1. The van der Waals surface area contributed by atoms with Gasteiger partial charge in [0.05, 0.1) is 18.6 Å². The van der Waals surface area contributed by atoms with Crippen LogP contribution >= 0.6 is 0 Å². The van der Waals surface area contributed by atoms with Crippen molar-refractivity contribution in [2.24, 2.45) is 5.92 Å². The molecule has 1 fully saturated rings. The van der Waals surface area contributed by atoms with E-state index in [1.165, 1.54) is 13.1 Å². The molecule has 1 saturated carbocycles. The lowest BCUT2D eigenvalue weighted by molar-refractivity contribution is -0.387. The molecule has 0 radical (unpaired) electrons. The lowest BCUT2D eigenvalue weighted by Gasteiger charge is -2.18. The van der Waals surface area contributed by atoms with Gasteiger partial charge in [-0.15, -0.1) is 0 Å². The average molecular weight is 528 g/mol. The van der Waals surface area contributed by atoms with Gasteiger partial charge in [0.1, 0.15) is 6.20 Å². The molecule has 1 aliphatic carbocycles. The van der Waals surface area contributed by atoms with E-state index in [0.29, 0.717) is 5.88 Å². The number of hydrogen-bond acceptors (Lipinski definition) is 6. The zero-order valence-electron chi connectivity index (χ0n) is 20.1. The Hall–Kier alpha value is -4.25. The number of aromatic nitrogens is 3. The maximum absolute atomic E-state index is 12.9. The molecule has 0 spiro atoms. The normalized spacial score (nSPS) is 14.0. The van der Waals surface area contributed by atoms with Gasteiger partial charge < -0.3 is 32.9 Å². The summed E-state index contributed by atoms with van der Waals surface area (Å²) in [5, 5.41) is 14.3. The number of rotatable bonds is 9. The van der Waals surface area contributed by atoms with Gasteiger partial charge in [0.15, 0.2) is 5.56 Å². The second-order valence-electron chi connectivity index (χ2n) is 8.68. The fraction of sp³-hybridized carbons (Fsp3) is 0.280. The fourth-order valence-corrected chi connectivity index (χ4v) is 3.69. The highest BCUT2D eigenvalue weighted by Crippen LogP contribution is 2.46. The number of pyridine rings is 1. The third kappa shape index (κ3) is 6.12. The molecular formula is C25H26ClN5O6. The Bertz CT molecular complexity index is 1350. The zero-order valence-corrected chi connectivity index (χ0v) is 20.9. The van der Waals surface area contributed by atoms with E-state index < -0.39 is 34.8 Å². The number of amides is 2. The topological polar surface area (TPSA) is 165 Å². The number of aromatic amines is 2. The quantitative estimate of drug-likeness (QED) is 0.253. The number of carbonyl (C=O) groups excluding carboxylic acids is 2. The number of H-pyrrole nitrogens is 2.